The van der Waals surface area contributed by atoms with Crippen LogP contribution in [0.15, 0.2) is 30.3 Å². The maximum atomic E-state index is 11.4. The van der Waals surface area contributed by atoms with Crippen LogP contribution in [0.5, 0.6) is 11.5 Å². The van der Waals surface area contributed by atoms with Gasteiger partial charge in [0, 0.05) is 17.8 Å². The average molecular weight is 339 g/mol. The van der Waals surface area contributed by atoms with Gasteiger partial charge in [0.1, 0.15) is 11.5 Å². The molecule has 2 aromatic carbocycles. The molecular weight excluding hydrogens is 323 g/mol. The molecule has 0 bridgehead atoms. The maximum absolute atomic E-state index is 11.4. The predicted molar refractivity (Wildman–Crippen MR) is 90.5 cm³/mol. The van der Waals surface area contributed by atoms with Crippen molar-refractivity contribution >= 4 is 34.9 Å². The Hall–Kier alpha value is -1.91. The number of amides is 2. The molecule has 0 atom stereocenters. The Balaban J connectivity index is 2.30. The molecule has 22 heavy (non-hydrogen) atoms. The van der Waals surface area contributed by atoms with Crippen LogP contribution in [0.4, 0.5) is 10.5 Å². The number of urea groups is 1. The van der Waals surface area contributed by atoms with Crippen LogP contribution in [0.25, 0.3) is 0 Å². The van der Waals surface area contributed by atoms with Crippen molar-refractivity contribution in [1.29, 1.82) is 0 Å². The molecule has 0 radical (unpaired) electrons. The van der Waals surface area contributed by atoms with Crippen LogP contribution in [0.3, 0.4) is 0 Å². The molecule has 2 amide bonds. The van der Waals surface area contributed by atoms with E-state index in [4.69, 9.17) is 27.9 Å². The van der Waals surface area contributed by atoms with Gasteiger partial charge in [-0.3, -0.25) is 0 Å². The van der Waals surface area contributed by atoms with E-state index < -0.39 is 0 Å². The monoisotopic (exact) mass is 338 g/mol. The lowest BCUT2D eigenvalue weighted by Crippen LogP contribution is -2.24. The van der Waals surface area contributed by atoms with Gasteiger partial charge in [-0.15, -0.1) is 0 Å². The molecule has 6 heteroatoms. The molecule has 0 fully saturated rings. The van der Waals surface area contributed by atoms with Crippen LogP contribution >= 0.6 is 23.2 Å². The van der Waals surface area contributed by atoms with Gasteiger partial charge in [0.05, 0.1) is 5.02 Å². The van der Waals surface area contributed by atoms with E-state index in [1.165, 1.54) is 0 Å². The van der Waals surface area contributed by atoms with Gasteiger partial charge >= 0.3 is 6.03 Å². The molecule has 0 aliphatic rings. The summed E-state index contributed by atoms with van der Waals surface area (Å²) in [6, 6.07) is 8.47. The Morgan fingerprint density at radius 1 is 1.09 bits per heavy atom. The van der Waals surface area contributed by atoms with Gasteiger partial charge in [-0.1, -0.05) is 23.2 Å². The number of nitrogens with one attached hydrogen (secondary N) is 2. The van der Waals surface area contributed by atoms with Crippen molar-refractivity contribution in [3.05, 3.63) is 51.5 Å². The second-order valence-electron chi connectivity index (χ2n) is 4.82. The molecule has 0 aromatic heterocycles. The van der Waals surface area contributed by atoms with Crippen molar-refractivity contribution in [3.63, 3.8) is 0 Å². The number of hydrogen-bond donors (Lipinski definition) is 2. The highest BCUT2D eigenvalue weighted by Crippen LogP contribution is 2.35. The Bertz CT molecular complexity index is 694. The largest absolute Gasteiger partial charge is 0.455 e. The average Bonchev–Trinajstić information content (AvgIpc) is 2.44. The fraction of sp³-hybridized carbons (Fsp3) is 0.188. The normalized spacial score (nSPS) is 10.2. The third kappa shape index (κ3) is 3.84. The van der Waals surface area contributed by atoms with E-state index in [9.17, 15) is 4.79 Å². The third-order valence-electron chi connectivity index (χ3n) is 3.05. The van der Waals surface area contributed by atoms with Crippen molar-refractivity contribution in [1.82, 2.24) is 5.32 Å². The van der Waals surface area contributed by atoms with Gasteiger partial charge < -0.3 is 15.4 Å². The van der Waals surface area contributed by atoms with Crippen LogP contribution in [0.1, 0.15) is 11.1 Å². The van der Waals surface area contributed by atoms with Gasteiger partial charge in [0.2, 0.25) is 0 Å². The first-order valence-corrected chi connectivity index (χ1v) is 7.39. The zero-order chi connectivity index (χ0) is 16.3. The summed E-state index contributed by atoms with van der Waals surface area (Å²) in [7, 11) is 1.56. The Labute approximate surface area is 139 Å². The van der Waals surface area contributed by atoms with E-state index in [0.29, 0.717) is 27.2 Å². The minimum atomic E-state index is -0.270. The van der Waals surface area contributed by atoms with E-state index in [2.05, 4.69) is 10.6 Å². The summed E-state index contributed by atoms with van der Waals surface area (Å²) >= 11 is 12.0. The van der Waals surface area contributed by atoms with Crippen molar-refractivity contribution in [2.75, 3.05) is 12.4 Å². The molecule has 0 saturated carbocycles. The number of rotatable bonds is 3. The highest BCUT2D eigenvalue weighted by atomic mass is 35.5. The molecule has 0 saturated heterocycles. The second-order valence-corrected chi connectivity index (χ2v) is 5.66. The van der Waals surface area contributed by atoms with Crippen molar-refractivity contribution in [2.24, 2.45) is 0 Å². The minimum Gasteiger partial charge on any atom is -0.455 e. The number of aryl methyl sites for hydroxylation is 2. The van der Waals surface area contributed by atoms with E-state index in [1.54, 1.807) is 25.2 Å². The summed E-state index contributed by atoms with van der Waals surface area (Å²) in [6.07, 6.45) is 0. The smallest absolute Gasteiger partial charge is 0.318 e. The molecule has 2 rings (SSSR count). The van der Waals surface area contributed by atoms with Crippen molar-refractivity contribution in [2.45, 2.75) is 13.8 Å². The summed E-state index contributed by atoms with van der Waals surface area (Å²) in [4.78, 5) is 11.4. The Morgan fingerprint density at radius 3 is 2.27 bits per heavy atom. The summed E-state index contributed by atoms with van der Waals surface area (Å²) in [5, 5.41) is 6.24. The van der Waals surface area contributed by atoms with Gasteiger partial charge in [-0.25, -0.2) is 4.79 Å². The fourth-order valence-corrected chi connectivity index (χ4v) is 2.49. The first-order valence-electron chi connectivity index (χ1n) is 6.63. The topological polar surface area (TPSA) is 50.4 Å². The summed E-state index contributed by atoms with van der Waals surface area (Å²) in [6.45, 7) is 3.81. The number of benzene rings is 2. The molecule has 0 heterocycles. The lowest BCUT2D eigenvalue weighted by Gasteiger charge is -2.15. The summed E-state index contributed by atoms with van der Waals surface area (Å²) in [5.41, 5.74) is 2.47. The molecule has 0 aliphatic carbocycles. The summed E-state index contributed by atoms with van der Waals surface area (Å²) in [5.74, 6) is 1.23. The lowest BCUT2D eigenvalue weighted by molar-refractivity contribution is 0.254. The molecule has 116 valence electrons. The Morgan fingerprint density at radius 2 is 1.73 bits per heavy atom. The highest BCUT2D eigenvalue weighted by molar-refractivity contribution is 6.35. The highest BCUT2D eigenvalue weighted by Gasteiger charge is 2.11. The van der Waals surface area contributed by atoms with Crippen LogP contribution in [0, 0.1) is 13.8 Å². The van der Waals surface area contributed by atoms with Gasteiger partial charge in [0.15, 0.2) is 0 Å². The number of carbonyl (C=O) groups is 1. The van der Waals surface area contributed by atoms with E-state index >= 15 is 0 Å². The predicted octanol–water partition coefficient (Wildman–Crippen LogP) is 5.15. The SMILES string of the molecule is CNC(=O)Nc1cc(C)c(Oc2ccc(Cl)cc2Cl)c(C)c1. The molecule has 0 aliphatic heterocycles. The number of ether oxygens (including phenoxy) is 1. The van der Waals surface area contributed by atoms with Gasteiger partial charge in [-0.2, -0.15) is 0 Å². The molecular formula is C16H16Cl2N2O2. The standard InChI is InChI=1S/C16H16Cl2N2O2/c1-9-6-12(20-16(21)19-3)7-10(2)15(9)22-14-5-4-11(17)8-13(14)18/h4-8H,1-3H3,(H2,19,20,21). The number of anilines is 1. The second kappa shape index (κ2) is 6.90. The van der Waals surface area contributed by atoms with Gasteiger partial charge in [-0.05, 0) is 55.3 Å². The first kappa shape index (κ1) is 16.5. The molecule has 2 aromatic rings. The number of hydrogen-bond acceptors (Lipinski definition) is 2. The van der Waals surface area contributed by atoms with Crippen LogP contribution in [-0.2, 0) is 0 Å². The third-order valence-corrected chi connectivity index (χ3v) is 3.58. The zero-order valence-corrected chi connectivity index (χ0v) is 14.0. The van der Waals surface area contributed by atoms with Crippen molar-refractivity contribution < 1.29 is 9.53 Å². The number of carbonyl (C=O) groups excluding carboxylic acids is 1. The lowest BCUT2D eigenvalue weighted by atomic mass is 10.1. The minimum absolute atomic E-state index is 0.270. The quantitative estimate of drug-likeness (QED) is 0.812. The van der Waals surface area contributed by atoms with E-state index in [1.807, 2.05) is 26.0 Å². The fourth-order valence-electron chi connectivity index (χ4n) is 2.04. The van der Waals surface area contributed by atoms with E-state index in [-0.39, 0.29) is 6.03 Å². The van der Waals surface area contributed by atoms with Crippen LogP contribution in [0.2, 0.25) is 10.0 Å². The maximum Gasteiger partial charge on any atom is 0.318 e. The van der Waals surface area contributed by atoms with Gasteiger partial charge in [0.25, 0.3) is 0 Å². The zero-order valence-electron chi connectivity index (χ0n) is 12.5. The van der Waals surface area contributed by atoms with Crippen LogP contribution < -0.4 is 15.4 Å². The number of halogens is 2. The van der Waals surface area contributed by atoms with Crippen LogP contribution in [-0.4, -0.2) is 13.1 Å². The molecule has 0 unspecified atom stereocenters. The summed E-state index contributed by atoms with van der Waals surface area (Å²) < 4.78 is 5.89. The van der Waals surface area contributed by atoms with Crippen molar-refractivity contribution in [3.8, 4) is 11.5 Å². The van der Waals surface area contributed by atoms with E-state index in [0.717, 1.165) is 11.1 Å². The first-order chi connectivity index (χ1) is 10.4. The molecule has 4 nitrogen and oxygen atoms in total. The molecule has 0 spiro atoms. The Kier molecular flexibility index (Phi) is 5.16. The molecule has 2 N–H and O–H groups in total.